The summed E-state index contributed by atoms with van der Waals surface area (Å²) in [6.45, 7) is 0. The van der Waals surface area contributed by atoms with Crippen LogP contribution in [0.15, 0.2) is 30.3 Å². The number of hydrogen-bond donors (Lipinski definition) is 0. The summed E-state index contributed by atoms with van der Waals surface area (Å²) in [6.07, 6.45) is -3.08. The van der Waals surface area contributed by atoms with Gasteiger partial charge in [-0.25, -0.2) is 9.18 Å². The fraction of sp³-hybridized carbons (Fsp3) is 0.316. The largest absolute Gasteiger partial charge is 0.573 e. The second-order valence-electron chi connectivity index (χ2n) is 6.10. The molecular formula is C19H16F4O5. The van der Waals surface area contributed by atoms with E-state index < -0.39 is 29.5 Å². The topological polar surface area (TPSA) is 54.0 Å². The molecule has 0 N–H and O–H groups in total. The number of alkyl halides is 3. The van der Waals surface area contributed by atoms with Gasteiger partial charge in [-0.3, -0.25) is 0 Å². The summed E-state index contributed by atoms with van der Waals surface area (Å²) < 4.78 is 70.8. The number of hydrogen-bond acceptors (Lipinski definition) is 5. The zero-order valence-corrected chi connectivity index (χ0v) is 14.9. The Morgan fingerprint density at radius 1 is 1.04 bits per heavy atom. The minimum absolute atomic E-state index is 0.0190. The van der Waals surface area contributed by atoms with Crippen LogP contribution >= 0.6 is 0 Å². The van der Waals surface area contributed by atoms with Gasteiger partial charge in [0.1, 0.15) is 22.9 Å². The molecule has 2 aromatic rings. The SMILES string of the molecule is COC(=O)c1c(F)cc(C2CC2)cc1Oc1ccc(OC(F)(F)F)cc1OC. The highest BCUT2D eigenvalue weighted by molar-refractivity contribution is 5.93. The van der Waals surface area contributed by atoms with E-state index in [0.29, 0.717) is 5.56 Å². The fourth-order valence-corrected chi connectivity index (χ4v) is 2.68. The average Bonchev–Trinajstić information content (AvgIpc) is 3.46. The maximum absolute atomic E-state index is 14.5. The fourth-order valence-electron chi connectivity index (χ4n) is 2.68. The number of halogens is 4. The van der Waals surface area contributed by atoms with E-state index in [1.165, 1.54) is 25.3 Å². The van der Waals surface area contributed by atoms with Gasteiger partial charge in [-0.2, -0.15) is 0 Å². The van der Waals surface area contributed by atoms with Crippen LogP contribution in [0.1, 0.15) is 34.7 Å². The average molecular weight is 400 g/mol. The van der Waals surface area contributed by atoms with Crippen LogP contribution in [0, 0.1) is 5.82 Å². The van der Waals surface area contributed by atoms with Crippen molar-refractivity contribution in [3.63, 3.8) is 0 Å². The summed E-state index contributed by atoms with van der Waals surface area (Å²) in [6, 6.07) is 5.94. The first kappa shape index (κ1) is 19.8. The molecule has 0 bridgehead atoms. The summed E-state index contributed by atoms with van der Waals surface area (Å²) in [5, 5.41) is 0. The van der Waals surface area contributed by atoms with Crippen molar-refractivity contribution in [2.75, 3.05) is 14.2 Å². The Morgan fingerprint density at radius 3 is 2.32 bits per heavy atom. The van der Waals surface area contributed by atoms with E-state index in [4.69, 9.17) is 9.47 Å². The summed E-state index contributed by atoms with van der Waals surface area (Å²) >= 11 is 0. The summed E-state index contributed by atoms with van der Waals surface area (Å²) in [7, 11) is 2.33. The highest BCUT2D eigenvalue weighted by Gasteiger charge is 2.32. The maximum Gasteiger partial charge on any atom is 0.573 e. The number of carbonyl (C=O) groups excluding carboxylic acids is 1. The third-order valence-corrected chi connectivity index (χ3v) is 4.10. The van der Waals surface area contributed by atoms with Crippen LogP contribution in [0.5, 0.6) is 23.0 Å². The molecule has 0 aliphatic heterocycles. The van der Waals surface area contributed by atoms with Crippen molar-refractivity contribution in [2.24, 2.45) is 0 Å². The van der Waals surface area contributed by atoms with Gasteiger partial charge in [-0.05, 0) is 48.6 Å². The van der Waals surface area contributed by atoms with Crippen molar-refractivity contribution in [2.45, 2.75) is 25.1 Å². The van der Waals surface area contributed by atoms with Crippen LogP contribution in [0.4, 0.5) is 17.6 Å². The van der Waals surface area contributed by atoms with Crippen molar-refractivity contribution in [3.8, 4) is 23.0 Å². The summed E-state index contributed by atoms with van der Waals surface area (Å²) in [4.78, 5) is 12.0. The Bertz CT molecular complexity index is 891. The van der Waals surface area contributed by atoms with Crippen molar-refractivity contribution >= 4 is 5.97 Å². The Kier molecular flexibility index (Phi) is 5.35. The molecule has 0 aromatic heterocycles. The third kappa shape index (κ3) is 4.47. The predicted octanol–water partition coefficient (Wildman–Crippen LogP) is 5.19. The number of rotatable bonds is 6. The van der Waals surface area contributed by atoms with Gasteiger partial charge >= 0.3 is 12.3 Å². The van der Waals surface area contributed by atoms with Gasteiger partial charge in [0, 0.05) is 6.07 Å². The zero-order chi connectivity index (χ0) is 20.5. The zero-order valence-electron chi connectivity index (χ0n) is 14.9. The maximum atomic E-state index is 14.5. The Balaban J connectivity index is 1.99. The van der Waals surface area contributed by atoms with Crippen LogP contribution < -0.4 is 14.2 Å². The molecule has 0 spiro atoms. The van der Waals surface area contributed by atoms with E-state index in [1.807, 2.05) is 0 Å². The van der Waals surface area contributed by atoms with Crippen LogP contribution in [-0.2, 0) is 4.74 Å². The summed E-state index contributed by atoms with van der Waals surface area (Å²) in [5.41, 5.74) is 0.251. The predicted molar refractivity (Wildman–Crippen MR) is 89.5 cm³/mol. The minimum atomic E-state index is -4.87. The lowest BCUT2D eigenvalue weighted by Crippen LogP contribution is -2.17. The van der Waals surface area contributed by atoms with E-state index in [1.54, 1.807) is 0 Å². The smallest absolute Gasteiger partial charge is 0.493 e. The van der Waals surface area contributed by atoms with Gasteiger partial charge in [0.15, 0.2) is 11.5 Å². The molecular weight excluding hydrogens is 384 g/mol. The standard InChI is InChI=1S/C19H16F4O5/c1-25-15-9-12(28-19(21,22)23)5-6-14(15)27-16-8-11(10-3-4-10)7-13(20)17(16)18(24)26-2/h5-10H,3-4H2,1-2H3. The molecule has 0 amide bonds. The van der Waals surface area contributed by atoms with E-state index in [0.717, 1.165) is 32.1 Å². The van der Waals surface area contributed by atoms with Gasteiger partial charge in [0.05, 0.1) is 14.2 Å². The van der Waals surface area contributed by atoms with Crippen LogP contribution in [0.25, 0.3) is 0 Å². The highest BCUT2D eigenvalue weighted by Crippen LogP contribution is 2.44. The quantitative estimate of drug-likeness (QED) is 0.494. The van der Waals surface area contributed by atoms with Crippen molar-refractivity contribution in [1.29, 1.82) is 0 Å². The second kappa shape index (κ2) is 7.57. The minimum Gasteiger partial charge on any atom is -0.493 e. The lowest BCUT2D eigenvalue weighted by molar-refractivity contribution is -0.274. The van der Waals surface area contributed by atoms with E-state index in [9.17, 15) is 22.4 Å². The molecule has 1 aliphatic rings. The van der Waals surface area contributed by atoms with Gasteiger partial charge in [-0.1, -0.05) is 0 Å². The van der Waals surface area contributed by atoms with E-state index in [-0.39, 0.29) is 23.2 Å². The van der Waals surface area contributed by atoms with Crippen molar-refractivity contribution in [1.82, 2.24) is 0 Å². The Morgan fingerprint density at radius 2 is 1.75 bits per heavy atom. The van der Waals surface area contributed by atoms with Gasteiger partial charge in [0.25, 0.3) is 0 Å². The molecule has 0 saturated heterocycles. The molecule has 1 saturated carbocycles. The van der Waals surface area contributed by atoms with E-state index >= 15 is 0 Å². The Hall–Kier alpha value is -2.97. The van der Waals surface area contributed by atoms with Gasteiger partial charge < -0.3 is 18.9 Å². The normalized spacial score (nSPS) is 13.8. The molecule has 1 fully saturated rings. The Labute approximate surface area is 157 Å². The van der Waals surface area contributed by atoms with Crippen LogP contribution in [-0.4, -0.2) is 26.6 Å². The molecule has 3 rings (SSSR count). The first-order valence-corrected chi connectivity index (χ1v) is 8.25. The molecule has 2 aromatic carbocycles. The summed E-state index contributed by atoms with van der Waals surface area (Å²) in [5.74, 6) is -2.30. The first-order chi connectivity index (χ1) is 13.2. The van der Waals surface area contributed by atoms with Gasteiger partial charge in [0.2, 0.25) is 0 Å². The van der Waals surface area contributed by atoms with Crippen LogP contribution in [0.2, 0.25) is 0 Å². The monoisotopic (exact) mass is 400 g/mol. The highest BCUT2D eigenvalue weighted by atomic mass is 19.4. The molecule has 0 atom stereocenters. The van der Waals surface area contributed by atoms with Gasteiger partial charge in [-0.15, -0.1) is 13.2 Å². The number of benzene rings is 2. The van der Waals surface area contributed by atoms with Crippen molar-refractivity contribution < 1.29 is 41.3 Å². The molecule has 5 nitrogen and oxygen atoms in total. The first-order valence-electron chi connectivity index (χ1n) is 8.25. The molecule has 28 heavy (non-hydrogen) atoms. The van der Waals surface area contributed by atoms with Crippen molar-refractivity contribution in [3.05, 3.63) is 47.3 Å². The number of ether oxygens (including phenoxy) is 4. The molecule has 150 valence electrons. The van der Waals surface area contributed by atoms with Crippen LogP contribution in [0.3, 0.4) is 0 Å². The number of carbonyl (C=O) groups is 1. The number of methoxy groups -OCH3 is 2. The molecule has 0 heterocycles. The lowest BCUT2D eigenvalue weighted by atomic mass is 10.1. The second-order valence-corrected chi connectivity index (χ2v) is 6.10. The van der Waals surface area contributed by atoms with E-state index in [2.05, 4.69) is 9.47 Å². The molecule has 0 unspecified atom stereocenters. The molecule has 1 aliphatic carbocycles. The molecule has 9 heteroatoms. The third-order valence-electron chi connectivity index (χ3n) is 4.10. The molecule has 0 radical (unpaired) electrons. The lowest BCUT2D eigenvalue weighted by Gasteiger charge is -2.16. The number of esters is 1.